The zero-order chi connectivity index (χ0) is 22.0. The van der Waals surface area contributed by atoms with Crippen LogP contribution >= 0.6 is 0 Å². The van der Waals surface area contributed by atoms with Gasteiger partial charge in [0.25, 0.3) is 5.91 Å². The third-order valence-corrected chi connectivity index (χ3v) is 6.64. The number of nitrogens with two attached hydrogens (primary N) is 1. The Bertz CT molecular complexity index is 813. The number of carbonyl (C=O) groups excluding carboxylic acids is 3. The maximum Gasteiger partial charge on any atom is 0.328 e. The molecule has 0 aromatic carbocycles. The summed E-state index contributed by atoms with van der Waals surface area (Å²) in [4.78, 5) is 40.1. The maximum atomic E-state index is 13.2. The van der Waals surface area contributed by atoms with E-state index >= 15 is 0 Å². The van der Waals surface area contributed by atoms with E-state index in [1.165, 1.54) is 0 Å². The molecule has 9 nitrogen and oxygen atoms in total. The Labute approximate surface area is 182 Å². The molecule has 2 atom stereocenters. The van der Waals surface area contributed by atoms with Crippen molar-refractivity contribution < 1.29 is 23.6 Å². The van der Waals surface area contributed by atoms with E-state index in [1.54, 1.807) is 17.9 Å². The SMILES string of the molecule is CCOC(=O)[C@@H]1CC(NC(=O)c2cc(C3CC3)on2)CCN1C(=O)[C@H]1CC[C@H](N)CC1. The van der Waals surface area contributed by atoms with Gasteiger partial charge in [-0.3, -0.25) is 9.59 Å². The molecule has 3 fully saturated rings. The van der Waals surface area contributed by atoms with Crippen LogP contribution in [0.5, 0.6) is 0 Å². The van der Waals surface area contributed by atoms with Gasteiger partial charge in [-0.05, 0) is 58.3 Å². The summed E-state index contributed by atoms with van der Waals surface area (Å²) in [6, 6.07) is 0.915. The summed E-state index contributed by atoms with van der Waals surface area (Å²) in [6.45, 7) is 2.40. The highest BCUT2D eigenvalue weighted by Gasteiger charge is 2.40. The minimum atomic E-state index is -0.693. The maximum absolute atomic E-state index is 13.2. The Balaban J connectivity index is 1.40. The zero-order valence-electron chi connectivity index (χ0n) is 18.0. The van der Waals surface area contributed by atoms with Gasteiger partial charge in [-0.1, -0.05) is 5.16 Å². The molecule has 170 valence electrons. The van der Waals surface area contributed by atoms with Gasteiger partial charge in [0, 0.05) is 36.5 Å². The fraction of sp³-hybridized carbons (Fsp3) is 0.727. The molecule has 1 aromatic rings. The molecule has 2 amide bonds. The summed E-state index contributed by atoms with van der Waals surface area (Å²) in [5.41, 5.74) is 6.23. The number of aromatic nitrogens is 1. The average molecular weight is 433 g/mol. The first-order valence-corrected chi connectivity index (χ1v) is 11.5. The molecule has 0 radical (unpaired) electrons. The number of carbonyl (C=O) groups is 3. The molecule has 1 saturated heterocycles. The lowest BCUT2D eigenvalue weighted by Crippen LogP contribution is -2.56. The van der Waals surface area contributed by atoms with Crippen LogP contribution in [0.2, 0.25) is 0 Å². The van der Waals surface area contributed by atoms with Crippen molar-refractivity contribution >= 4 is 17.8 Å². The van der Waals surface area contributed by atoms with Crippen molar-refractivity contribution in [3.8, 4) is 0 Å². The number of esters is 1. The number of ether oxygens (including phenoxy) is 1. The van der Waals surface area contributed by atoms with Crippen molar-refractivity contribution in [2.24, 2.45) is 11.7 Å². The van der Waals surface area contributed by atoms with Gasteiger partial charge in [0.1, 0.15) is 11.8 Å². The van der Waals surface area contributed by atoms with Crippen LogP contribution in [0.15, 0.2) is 10.6 Å². The Morgan fingerprint density at radius 3 is 2.61 bits per heavy atom. The summed E-state index contributed by atoms with van der Waals surface area (Å²) in [6.07, 6.45) is 6.20. The Morgan fingerprint density at radius 2 is 1.94 bits per heavy atom. The molecule has 3 aliphatic rings. The van der Waals surface area contributed by atoms with Gasteiger partial charge in [-0.15, -0.1) is 0 Å². The summed E-state index contributed by atoms with van der Waals surface area (Å²) < 4.78 is 10.5. The van der Waals surface area contributed by atoms with Crippen LogP contribution in [0.4, 0.5) is 0 Å². The lowest BCUT2D eigenvalue weighted by molar-refractivity contribution is -0.159. The van der Waals surface area contributed by atoms with Crippen molar-refractivity contribution in [1.82, 2.24) is 15.4 Å². The van der Waals surface area contributed by atoms with E-state index in [2.05, 4.69) is 10.5 Å². The molecule has 1 aliphatic heterocycles. The van der Waals surface area contributed by atoms with Crippen molar-refractivity contribution in [2.75, 3.05) is 13.2 Å². The number of rotatable bonds is 6. The number of hydrogen-bond acceptors (Lipinski definition) is 7. The van der Waals surface area contributed by atoms with Crippen LogP contribution < -0.4 is 11.1 Å². The second-order valence-electron chi connectivity index (χ2n) is 8.99. The number of amides is 2. The highest BCUT2D eigenvalue weighted by atomic mass is 16.5. The normalized spacial score (nSPS) is 28.8. The third kappa shape index (κ3) is 5.08. The second kappa shape index (κ2) is 9.38. The van der Waals surface area contributed by atoms with Gasteiger partial charge in [0.15, 0.2) is 5.69 Å². The third-order valence-electron chi connectivity index (χ3n) is 6.64. The molecular weight excluding hydrogens is 400 g/mol. The Hall–Kier alpha value is -2.42. The largest absolute Gasteiger partial charge is 0.464 e. The van der Waals surface area contributed by atoms with E-state index < -0.39 is 12.0 Å². The van der Waals surface area contributed by atoms with Crippen molar-refractivity contribution in [3.63, 3.8) is 0 Å². The number of hydrogen-bond donors (Lipinski definition) is 2. The van der Waals surface area contributed by atoms with Gasteiger partial charge in [0.2, 0.25) is 5.91 Å². The average Bonchev–Trinajstić information content (AvgIpc) is 3.50. The van der Waals surface area contributed by atoms with Crippen LogP contribution in [0, 0.1) is 5.92 Å². The first-order valence-electron chi connectivity index (χ1n) is 11.5. The monoisotopic (exact) mass is 432 g/mol. The molecular formula is C22H32N4O5. The highest BCUT2D eigenvalue weighted by Crippen LogP contribution is 2.40. The van der Waals surface area contributed by atoms with Crippen LogP contribution in [0.1, 0.15) is 80.5 Å². The fourth-order valence-electron chi connectivity index (χ4n) is 4.64. The first-order chi connectivity index (χ1) is 15.0. The van der Waals surface area contributed by atoms with E-state index in [9.17, 15) is 14.4 Å². The van der Waals surface area contributed by atoms with Gasteiger partial charge in [-0.2, -0.15) is 0 Å². The van der Waals surface area contributed by atoms with Crippen molar-refractivity contribution in [1.29, 1.82) is 0 Å². The molecule has 0 bridgehead atoms. The van der Waals surface area contributed by atoms with E-state index in [1.807, 2.05) is 0 Å². The quantitative estimate of drug-likeness (QED) is 0.655. The van der Waals surface area contributed by atoms with Crippen LogP contribution in [0.3, 0.4) is 0 Å². The number of nitrogens with one attached hydrogen (secondary N) is 1. The standard InChI is InChI=1S/C22H32N4O5/c1-2-30-22(29)18-11-16(24-20(27)17-12-19(31-25-17)13-3-4-13)9-10-26(18)21(28)14-5-7-15(23)8-6-14/h12-16,18H,2-11,23H2,1H3,(H,24,27)/t14-,15-,16?,18-/m0/s1. The van der Waals surface area contributed by atoms with Crippen LogP contribution in [-0.2, 0) is 14.3 Å². The molecule has 2 aliphatic carbocycles. The second-order valence-corrected chi connectivity index (χ2v) is 8.99. The van der Waals surface area contributed by atoms with Gasteiger partial charge in [-0.25, -0.2) is 4.79 Å². The number of piperidine rings is 1. The summed E-state index contributed by atoms with van der Waals surface area (Å²) in [5, 5.41) is 6.84. The van der Waals surface area contributed by atoms with Crippen LogP contribution in [0.25, 0.3) is 0 Å². The zero-order valence-corrected chi connectivity index (χ0v) is 18.0. The number of likely N-dealkylation sites (tertiary alicyclic amines) is 1. The molecule has 1 aromatic heterocycles. The summed E-state index contributed by atoms with van der Waals surface area (Å²) in [7, 11) is 0. The molecule has 9 heteroatoms. The summed E-state index contributed by atoms with van der Waals surface area (Å²) >= 11 is 0. The van der Waals surface area contributed by atoms with Gasteiger partial charge >= 0.3 is 5.97 Å². The predicted molar refractivity (Wildman–Crippen MR) is 111 cm³/mol. The van der Waals surface area contributed by atoms with Gasteiger partial charge < -0.3 is 25.2 Å². The van der Waals surface area contributed by atoms with E-state index in [0.29, 0.717) is 25.3 Å². The topological polar surface area (TPSA) is 128 Å². The molecule has 4 rings (SSSR count). The molecule has 2 heterocycles. The molecule has 0 spiro atoms. The summed E-state index contributed by atoms with van der Waals surface area (Å²) in [5.74, 6) is 0.302. The lowest BCUT2D eigenvalue weighted by Gasteiger charge is -2.40. The minimum Gasteiger partial charge on any atom is -0.464 e. The molecule has 31 heavy (non-hydrogen) atoms. The first kappa shape index (κ1) is 21.8. The minimum absolute atomic E-state index is 0.000283. The van der Waals surface area contributed by atoms with E-state index in [4.69, 9.17) is 15.0 Å². The van der Waals surface area contributed by atoms with Crippen LogP contribution in [-0.4, -0.2) is 59.1 Å². The highest BCUT2D eigenvalue weighted by molar-refractivity contribution is 5.92. The van der Waals surface area contributed by atoms with E-state index in [0.717, 1.165) is 44.3 Å². The van der Waals surface area contributed by atoms with Gasteiger partial charge in [0.05, 0.1) is 6.61 Å². The van der Waals surface area contributed by atoms with Crippen molar-refractivity contribution in [3.05, 3.63) is 17.5 Å². The smallest absolute Gasteiger partial charge is 0.328 e. The Kier molecular flexibility index (Phi) is 6.60. The van der Waals surface area contributed by atoms with E-state index in [-0.39, 0.29) is 42.1 Å². The fourth-order valence-corrected chi connectivity index (χ4v) is 4.64. The van der Waals surface area contributed by atoms with Crippen molar-refractivity contribution in [2.45, 2.75) is 82.3 Å². The Morgan fingerprint density at radius 1 is 1.19 bits per heavy atom. The molecule has 2 saturated carbocycles. The predicted octanol–water partition coefficient (Wildman–Crippen LogP) is 1.72. The lowest BCUT2D eigenvalue weighted by atomic mass is 9.84. The molecule has 1 unspecified atom stereocenters. The molecule has 3 N–H and O–H groups in total. The number of nitrogens with zero attached hydrogens (tertiary/aromatic N) is 2.